The summed E-state index contributed by atoms with van der Waals surface area (Å²) in [7, 11) is 1.37. The Morgan fingerprint density at radius 3 is 2.86 bits per heavy atom. The maximum absolute atomic E-state index is 12.1. The molecule has 0 spiro atoms. The highest BCUT2D eigenvalue weighted by atomic mass is 32.1. The molecule has 118 valence electrons. The zero-order valence-corrected chi connectivity index (χ0v) is 13.8. The van der Waals surface area contributed by atoms with Crippen LogP contribution < -0.4 is 15.4 Å². The summed E-state index contributed by atoms with van der Waals surface area (Å²) in [4.78, 5) is 12.1. The van der Waals surface area contributed by atoms with Gasteiger partial charge in [0.05, 0.1) is 25.3 Å². The van der Waals surface area contributed by atoms with E-state index >= 15 is 0 Å². The Hall–Kier alpha value is -2.08. The molecule has 0 bridgehead atoms. The Morgan fingerprint density at radius 1 is 1.41 bits per heavy atom. The summed E-state index contributed by atoms with van der Waals surface area (Å²) in [5, 5.41) is 6.56. The van der Waals surface area contributed by atoms with Gasteiger partial charge < -0.3 is 20.1 Å². The maximum atomic E-state index is 12.1. The van der Waals surface area contributed by atoms with E-state index in [1.165, 1.54) is 7.11 Å². The van der Waals surface area contributed by atoms with E-state index in [9.17, 15) is 4.79 Å². The molecule has 0 fully saturated rings. The lowest BCUT2D eigenvalue weighted by Crippen LogP contribution is -2.45. The van der Waals surface area contributed by atoms with Crippen LogP contribution in [0.1, 0.15) is 31.9 Å². The fraction of sp³-hybridized carbons (Fsp3) is 0.375. The van der Waals surface area contributed by atoms with Crippen LogP contribution in [0.4, 0.5) is 0 Å². The summed E-state index contributed by atoms with van der Waals surface area (Å²) >= 11 is 5.20. The smallest absolute Gasteiger partial charge is 0.337 e. The van der Waals surface area contributed by atoms with Crippen LogP contribution in [0.15, 0.2) is 35.5 Å². The van der Waals surface area contributed by atoms with Crippen molar-refractivity contribution in [1.29, 1.82) is 0 Å². The predicted octanol–water partition coefficient (Wildman–Crippen LogP) is 2.44. The van der Waals surface area contributed by atoms with Gasteiger partial charge in [-0.15, -0.1) is 0 Å². The lowest BCUT2D eigenvalue weighted by Gasteiger charge is -2.29. The summed E-state index contributed by atoms with van der Waals surface area (Å²) in [5.41, 5.74) is 2.11. The minimum atomic E-state index is -0.384. The number of methoxy groups -OCH3 is 1. The number of carbonyl (C=O) groups excluding carboxylic acids is 1. The molecule has 0 amide bonds. The van der Waals surface area contributed by atoms with Crippen molar-refractivity contribution in [2.24, 2.45) is 0 Å². The third-order valence-electron chi connectivity index (χ3n) is 3.34. The first-order valence-electron chi connectivity index (χ1n) is 7.16. The van der Waals surface area contributed by atoms with Gasteiger partial charge in [-0.1, -0.05) is 19.1 Å². The average Bonchev–Trinajstić information content (AvgIpc) is 2.51. The normalized spacial score (nSPS) is 17.6. The van der Waals surface area contributed by atoms with Crippen LogP contribution in [-0.4, -0.2) is 24.8 Å². The topological polar surface area (TPSA) is 59.6 Å². The largest absolute Gasteiger partial charge is 0.494 e. The van der Waals surface area contributed by atoms with Crippen LogP contribution in [0.25, 0.3) is 0 Å². The molecule has 0 aliphatic carbocycles. The Bertz CT molecular complexity index is 613. The second kappa shape index (κ2) is 7.26. The SMILES string of the molecule is CCCOc1cccc([C@@H]2NC(=S)NC(C)=C2C(=O)OC)c1. The van der Waals surface area contributed by atoms with Gasteiger partial charge in [0, 0.05) is 5.70 Å². The Morgan fingerprint density at radius 2 is 2.18 bits per heavy atom. The quantitative estimate of drug-likeness (QED) is 0.642. The minimum Gasteiger partial charge on any atom is -0.494 e. The predicted molar refractivity (Wildman–Crippen MR) is 88.6 cm³/mol. The third kappa shape index (κ3) is 3.57. The molecule has 2 N–H and O–H groups in total. The number of hydrogen-bond donors (Lipinski definition) is 2. The molecule has 6 heteroatoms. The van der Waals surface area contributed by atoms with E-state index in [4.69, 9.17) is 21.7 Å². The van der Waals surface area contributed by atoms with Gasteiger partial charge in [-0.05, 0) is 43.3 Å². The van der Waals surface area contributed by atoms with Crippen molar-refractivity contribution in [2.45, 2.75) is 26.3 Å². The molecule has 0 aromatic heterocycles. The van der Waals surface area contributed by atoms with Crippen molar-refractivity contribution >= 4 is 23.3 Å². The Labute approximate surface area is 135 Å². The van der Waals surface area contributed by atoms with E-state index < -0.39 is 0 Å². The number of carbonyl (C=O) groups is 1. The van der Waals surface area contributed by atoms with Crippen molar-refractivity contribution in [1.82, 2.24) is 10.6 Å². The lowest BCUT2D eigenvalue weighted by atomic mass is 9.95. The van der Waals surface area contributed by atoms with E-state index in [1.807, 2.05) is 31.2 Å². The molecule has 0 radical (unpaired) electrons. The zero-order valence-electron chi connectivity index (χ0n) is 12.9. The monoisotopic (exact) mass is 320 g/mol. The summed E-state index contributed by atoms with van der Waals surface area (Å²) in [5.74, 6) is 0.386. The molecule has 1 aliphatic rings. The highest BCUT2D eigenvalue weighted by molar-refractivity contribution is 7.80. The van der Waals surface area contributed by atoms with Gasteiger partial charge in [-0.3, -0.25) is 0 Å². The summed E-state index contributed by atoms with van der Waals surface area (Å²) in [6, 6.07) is 7.29. The number of allylic oxidation sites excluding steroid dienone is 1. The molecule has 0 unspecified atom stereocenters. The number of esters is 1. The Balaban J connectivity index is 2.37. The fourth-order valence-corrected chi connectivity index (χ4v) is 2.60. The lowest BCUT2D eigenvalue weighted by molar-refractivity contribution is -0.136. The second-order valence-electron chi connectivity index (χ2n) is 4.98. The van der Waals surface area contributed by atoms with Crippen molar-refractivity contribution in [3.05, 3.63) is 41.1 Å². The van der Waals surface area contributed by atoms with Crippen LogP contribution in [0.5, 0.6) is 5.75 Å². The zero-order chi connectivity index (χ0) is 16.1. The van der Waals surface area contributed by atoms with Gasteiger partial charge in [0.15, 0.2) is 5.11 Å². The van der Waals surface area contributed by atoms with Crippen molar-refractivity contribution < 1.29 is 14.3 Å². The first-order valence-corrected chi connectivity index (χ1v) is 7.57. The molecule has 0 saturated carbocycles. The van der Waals surface area contributed by atoms with E-state index in [0.717, 1.165) is 17.7 Å². The van der Waals surface area contributed by atoms with E-state index in [-0.39, 0.29) is 12.0 Å². The number of benzene rings is 1. The molecule has 1 aromatic rings. The molecule has 1 atom stereocenters. The second-order valence-corrected chi connectivity index (χ2v) is 5.39. The summed E-state index contributed by atoms with van der Waals surface area (Å²) < 4.78 is 10.5. The van der Waals surface area contributed by atoms with Crippen molar-refractivity contribution in [2.75, 3.05) is 13.7 Å². The summed E-state index contributed by atoms with van der Waals surface area (Å²) in [6.07, 6.45) is 0.937. The van der Waals surface area contributed by atoms with Crippen LogP contribution in [-0.2, 0) is 9.53 Å². The van der Waals surface area contributed by atoms with Crippen LogP contribution in [0.2, 0.25) is 0 Å². The summed E-state index contributed by atoms with van der Waals surface area (Å²) in [6.45, 7) is 4.52. The van der Waals surface area contributed by atoms with Crippen molar-refractivity contribution in [3.8, 4) is 5.75 Å². The number of nitrogens with one attached hydrogen (secondary N) is 2. The highest BCUT2D eigenvalue weighted by Crippen LogP contribution is 2.29. The highest BCUT2D eigenvalue weighted by Gasteiger charge is 2.30. The Kier molecular flexibility index (Phi) is 5.38. The standard InChI is InChI=1S/C16H20N2O3S/c1-4-8-21-12-7-5-6-11(9-12)14-13(15(19)20-3)10(2)17-16(22)18-14/h5-7,9,14H,4,8H2,1-3H3,(H2,17,18,22)/t14-/m0/s1. The van der Waals surface area contributed by atoms with Gasteiger partial charge in [0.25, 0.3) is 0 Å². The first kappa shape index (κ1) is 16.3. The minimum absolute atomic E-state index is 0.355. The van der Waals surface area contributed by atoms with E-state index in [1.54, 1.807) is 0 Å². The molecule has 2 rings (SSSR count). The fourth-order valence-electron chi connectivity index (χ4n) is 2.33. The molecule has 1 heterocycles. The average molecular weight is 320 g/mol. The number of rotatable bonds is 5. The molecule has 1 aromatic carbocycles. The van der Waals surface area contributed by atoms with Crippen LogP contribution >= 0.6 is 12.2 Å². The molecule has 5 nitrogen and oxygen atoms in total. The van der Waals surface area contributed by atoms with Crippen molar-refractivity contribution in [3.63, 3.8) is 0 Å². The van der Waals surface area contributed by atoms with Gasteiger partial charge in [-0.25, -0.2) is 4.79 Å². The van der Waals surface area contributed by atoms with Gasteiger partial charge in [-0.2, -0.15) is 0 Å². The maximum Gasteiger partial charge on any atom is 0.337 e. The van der Waals surface area contributed by atoms with Crippen LogP contribution in [0.3, 0.4) is 0 Å². The number of thiocarbonyl (C=S) groups is 1. The molecular formula is C16H20N2O3S. The van der Waals surface area contributed by atoms with E-state index in [2.05, 4.69) is 17.6 Å². The number of ether oxygens (including phenoxy) is 2. The number of hydrogen-bond acceptors (Lipinski definition) is 4. The third-order valence-corrected chi connectivity index (χ3v) is 3.56. The first-order chi connectivity index (χ1) is 10.6. The molecule has 0 saturated heterocycles. The van der Waals surface area contributed by atoms with Gasteiger partial charge in [0.1, 0.15) is 5.75 Å². The van der Waals surface area contributed by atoms with E-state index in [0.29, 0.717) is 23.0 Å². The molecule has 22 heavy (non-hydrogen) atoms. The van der Waals surface area contributed by atoms with Gasteiger partial charge in [0.2, 0.25) is 0 Å². The van der Waals surface area contributed by atoms with Gasteiger partial charge >= 0.3 is 5.97 Å². The van der Waals surface area contributed by atoms with Crippen LogP contribution in [0, 0.1) is 0 Å². The molecular weight excluding hydrogens is 300 g/mol. The molecule has 1 aliphatic heterocycles.